The van der Waals surface area contributed by atoms with Crippen LogP contribution in [0.25, 0.3) is 11.6 Å². The number of nitrogens with zero attached hydrogens (tertiary/aromatic N) is 1. The first-order valence-corrected chi connectivity index (χ1v) is 9.34. The Balaban J connectivity index is 1.70. The molecule has 0 saturated carbocycles. The standard InChI is InChI=1S/C25H21NO4/c1-18-8-11-22(12-9-18)29-17-25(27)30-23-13-10-19(15-24(23)28-2)14-21(16-26)20-6-4-3-5-7-20/h3-15H,17H2,1-2H3/b21-14-. The number of methoxy groups -OCH3 is 1. The van der Waals surface area contributed by atoms with Crippen LogP contribution in [0.1, 0.15) is 16.7 Å². The number of aryl methyl sites for hydroxylation is 1. The molecule has 0 radical (unpaired) electrons. The Morgan fingerprint density at radius 3 is 2.40 bits per heavy atom. The number of hydrogen-bond acceptors (Lipinski definition) is 5. The first-order valence-electron chi connectivity index (χ1n) is 9.34. The summed E-state index contributed by atoms with van der Waals surface area (Å²) in [5.74, 6) is 0.720. The van der Waals surface area contributed by atoms with E-state index in [4.69, 9.17) is 14.2 Å². The first-order chi connectivity index (χ1) is 14.6. The molecule has 0 fully saturated rings. The van der Waals surface area contributed by atoms with Crippen molar-refractivity contribution in [2.75, 3.05) is 13.7 Å². The van der Waals surface area contributed by atoms with Crippen LogP contribution in [0, 0.1) is 18.3 Å². The van der Waals surface area contributed by atoms with Crippen LogP contribution in [0.5, 0.6) is 17.2 Å². The van der Waals surface area contributed by atoms with Gasteiger partial charge in [0.05, 0.1) is 18.8 Å². The number of benzene rings is 3. The molecule has 0 heterocycles. The zero-order valence-corrected chi connectivity index (χ0v) is 16.8. The van der Waals surface area contributed by atoms with Crippen LogP contribution < -0.4 is 14.2 Å². The number of hydrogen-bond donors (Lipinski definition) is 0. The molecule has 0 aliphatic rings. The maximum Gasteiger partial charge on any atom is 0.349 e. The molecule has 0 aromatic heterocycles. The van der Waals surface area contributed by atoms with Crippen LogP contribution >= 0.6 is 0 Å². The molecule has 3 aromatic carbocycles. The molecule has 3 aromatic rings. The third-order valence-electron chi connectivity index (χ3n) is 4.31. The SMILES string of the molecule is COc1cc(/C=C(/C#N)c2ccccc2)ccc1OC(=O)COc1ccc(C)cc1. The fourth-order valence-corrected chi connectivity index (χ4v) is 2.75. The number of carbonyl (C=O) groups excluding carboxylic acids is 1. The van der Waals surface area contributed by atoms with Gasteiger partial charge in [-0.3, -0.25) is 0 Å². The fourth-order valence-electron chi connectivity index (χ4n) is 2.75. The van der Waals surface area contributed by atoms with E-state index in [-0.39, 0.29) is 12.4 Å². The van der Waals surface area contributed by atoms with E-state index in [9.17, 15) is 10.1 Å². The summed E-state index contributed by atoms with van der Waals surface area (Å²) in [4.78, 5) is 12.2. The highest BCUT2D eigenvalue weighted by molar-refractivity contribution is 5.89. The van der Waals surface area contributed by atoms with Crippen LogP contribution in [0.4, 0.5) is 0 Å². The molecule has 150 valence electrons. The van der Waals surface area contributed by atoms with E-state index in [0.29, 0.717) is 17.1 Å². The molecule has 5 nitrogen and oxygen atoms in total. The lowest BCUT2D eigenvalue weighted by Gasteiger charge is -2.11. The van der Waals surface area contributed by atoms with Crippen LogP contribution in [-0.2, 0) is 4.79 Å². The molecular formula is C25H21NO4. The summed E-state index contributed by atoms with van der Waals surface area (Å²) in [6.07, 6.45) is 1.75. The molecule has 0 saturated heterocycles. The lowest BCUT2D eigenvalue weighted by molar-refractivity contribution is -0.136. The highest BCUT2D eigenvalue weighted by Crippen LogP contribution is 2.30. The summed E-state index contributed by atoms with van der Waals surface area (Å²) in [6.45, 7) is 1.75. The Hall–Kier alpha value is -4.04. The summed E-state index contributed by atoms with van der Waals surface area (Å²) in [7, 11) is 1.49. The molecule has 0 bridgehead atoms. The Morgan fingerprint density at radius 2 is 1.73 bits per heavy atom. The number of esters is 1. The summed E-state index contributed by atoms with van der Waals surface area (Å²) < 4.78 is 16.2. The van der Waals surface area contributed by atoms with Crippen molar-refractivity contribution in [3.8, 4) is 23.3 Å². The monoisotopic (exact) mass is 399 g/mol. The second-order valence-corrected chi connectivity index (χ2v) is 6.52. The summed E-state index contributed by atoms with van der Waals surface area (Å²) in [5, 5.41) is 9.48. The Kier molecular flexibility index (Phi) is 6.86. The highest BCUT2D eigenvalue weighted by atomic mass is 16.6. The molecule has 0 spiro atoms. The van der Waals surface area contributed by atoms with Gasteiger partial charge < -0.3 is 14.2 Å². The molecule has 0 amide bonds. The molecule has 0 N–H and O–H groups in total. The van der Waals surface area contributed by atoms with Gasteiger partial charge in [-0.25, -0.2) is 4.79 Å². The van der Waals surface area contributed by atoms with Gasteiger partial charge in [-0.15, -0.1) is 0 Å². The van der Waals surface area contributed by atoms with Crippen molar-refractivity contribution in [2.24, 2.45) is 0 Å². The van der Waals surface area contributed by atoms with Gasteiger partial charge >= 0.3 is 5.97 Å². The smallest absolute Gasteiger partial charge is 0.349 e. The number of allylic oxidation sites excluding steroid dienone is 1. The van der Waals surface area contributed by atoms with Gasteiger partial charge in [0.1, 0.15) is 5.75 Å². The number of carbonyl (C=O) groups is 1. The van der Waals surface area contributed by atoms with Crippen LogP contribution in [0.3, 0.4) is 0 Å². The zero-order valence-electron chi connectivity index (χ0n) is 16.8. The third-order valence-corrected chi connectivity index (χ3v) is 4.31. The molecule has 5 heteroatoms. The molecular weight excluding hydrogens is 378 g/mol. The van der Waals surface area contributed by atoms with Crippen LogP contribution in [-0.4, -0.2) is 19.7 Å². The third kappa shape index (κ3) is 5.49. The minimum absolute atomic E-state index is 0.222. The highest BCUT2D eigenvalue weighted by Gasteiger charge is 2.12. The Morgan fingerprint density at radius 1 is 1.00 bits per heavy atom. The second-order valence-electron chi connectivity index (χ2n) is 6.52. The van der Waals surface area contributed by atoms with Gasteiger partial charge in [0.25, 0.3) is 0 Å². The van der Waals surface area contributed by atoms with E-state index in [0.717, 1.165) is 16.7 Å². The second kappa shape index (κ2) is 9.94. The minimum atomic E-state index is -0.542. The molecule has 3 rings (SSSR count). The summed E-state index contributed by atoms with van der Waals surface area (Å²) in [6, 6.07) is 24.1. The van der Waals surface area contributed by atoms with Crippen LogP contribution in [0.2, 0.25) is 0 Å². The lowest BCUT2D eigenvalue weighted by atomic mass is 10.0. The van der Waals surface area contributed by atoms with Crippen molar-refractivity contribution < 1.29 is 19.0 Å². The van der Waals surface area contributed by atoms with Crippen molar-refractivity contribution in [1.82, 2.24) is 0 Å². The predicted molar refractivity (Wildman–Crippen MR) is 115 cm³/mol. The van der Waals surface area contributed by atoms with Crippen LogP contribution in [0.15, 0.2) is 72.8 Å². The van der Waals surface area contributed by atoms with E-state index < -0.39 is 5.97 Å². The van der Waals surface area contributed by atoms with Crippen molar-refractivity contribution in [3.63, 3.8) is 0 Å². The zero-order chi connectivity index (χ0) is 21.3. The first kappa shape index (κ1) is 20.7. The molecule has 30 heavy (non-hydrogen) atoms. The normalized spacial score (nSPS) is 10.8. The maximum absolute atomic E-state index is 12.2. The van der Waals surface area contributed by atoms with Gasteiger partial charge in [-0.2, -0.15) is 5.26 Å². The van der Waals surface area contributed by atoms with Gasteiger partial charge in [-0.05, 0) is 48.4 Å². The van der Waals surface area contributed by atoms with E-state index in [1.54, 1.807) is 36.4 Å². The minimum Gasteiger partial charge on any atom is -0.493 e. The van der Waals surface area contributed by atoms with Gasteiger partial charge in [-0.1, -0.05) is 54.1 Å². The Labute approximate surface area is 175 Å². The number of ether oxygens (including phenoxy) is 3. The molecule has 0 aliphatic heterocycles. The largest absolute Gasteiger partial charge is 0.493 e. The van der Waals surface area contributed by atoms with Crippen molar-refractivity contribution in [1.29, 1.82) is 5.26 Å². The van der Waals surface area contributed by atoms with Gasteiger partial charge in [0, 0.05) is 0 Å². The van der Waals surface area contributed by atoms with Gasteiger partial charge in [0.2, 0.25) is 0 Å². The van der Waals surface area contributed by atoms with Gasteiger partial charge in [0.15, 0.2) is 18.1 Å². The Bertz CT molecular complexity index is 1080. The van der Waals surface area contributed by atoms with Crippen molar-refractivity contribution in [2.45, 2.75) is 6.92 Å². The van der Waals surface area contributed by atoms with E-state index >= 15 is 0 Å². The average molecular weight is 399 g/mol. The fraction of sp³-hybridized carbons (Fsp3) is 0.120. The topological polar surface area (TPSA) is 68.5 Å². The van der Waals surface area contributed by atoms with E-state index in [1.165, 1.54) is 7.11 Å². The van der Waals surface area contributed by atoms with Crippen molar-refractivity contribution >= 4 is 17.6 Å². The van der Waals surface area contributed by atoms with E-state index in [1.807, 2.05) is 49.4 Å². The summed E-state index contributed by atoms with van der Waals surface area (Å²) >= 11 is 0. The number of rotatable bonds is 7. The summed E-state index contributed by atoms with van der Waals surface area (Å²) in [5.41, 5.74) is 3.20. The maximum atomic E-state index is 12.2. The average Bonchev–Trinajstić information content (AvgIpc) is 2.78. The van der Waals surface area contributed by atoms with E-state index in [2.05, 4.69) is 6.07 Å². The lowest BCUT2D eigenvalue weighted by Crippen LogP contribution is -2.18. The molecule has 0 aliphatic carbocycles. The quantitative estimate of drug-likeness (QED) is 0.241. The molecule has 0 unspecified atom stereocenters. The predicted octanol–water partition coefficient (Wildman–Crippen LogP) is 5.05. The number of nitriles is 1. The molecule has 0 atom stereocenters. The van der Waals surface area contributed by atoms with Crippen molar-refractivity contribution in [3.05, 3.63) is 89.5 Å².